The predicted octanol–water partition coefficient (Wildman–Crippen LogP) is 3.17. The van der Waals surface area contributed by atoms with Crippen LogP contribution in [0, 0.1) is 0 Å². The van der Waals surface area contributed by atoms with E-state index < -0.39 is 12.1 Å². The Morgan fingerprint density at radius 1 is 1.25 bits per heavy atom. The topological polar surface area (TPSA) is 49.8 Å². The Morgan fingerprint density at radius 2 is 1.95 bits per heavy atom. The first kappa shape index (κ1) is 16.5. The van der Waals surface area contributed by atoms with E-state index in [4.69, 9.17) is 9.84 Å². The fraction of sp³-hybridized carbons (Fsp3) is 0.562. The Labute approximate surface area is 121 Å². The number of carbonyl (C=O) groups is 1. The van der Waals surface area contributed by atoms with Crippen molar-refractivity contribution >= 4 is 11.7 Å². The average Bonchev–Trinajstić information content (AvgIpc) is 2.46. The van der Waals surface area contributed by atoms with E-state index in [2.05, 4.69) is 24.0 Å². The Hall–Kier alpha value is -1.55. The first-order chi connectivity index (χ1) is 9.69. The van der Waals surface area contributed by atoms with Gasteiger partial charge < -0.3 is 14.7 Å². The summed E-state index contributed by atoms with van der Waals surface area (Å²) in [6.45, 7) is 6.04. The second-order valence-electron chi connectivity index (χ2n) is 4.75. The maximum Gasteiger partial charge on any atom is 0.332 e. The minimum Gasteiger partial charge on any atom is -0.479 e. The summed E-state index contributed by atoms with van der Waals surface area (Å²) in [5.74, 6) is -0.879. The van der Waals surface area contributed by atoms with E-state index in [1.165, 1.54) is 0 Å². The molecule has 0 aromatic heterocycles. The molecule has 0 aliphatic carbocycles. The minimum atomic E-state index is -0.879. The molecule has 1 aromatic carbocycles. The molecule has 4 heteroatoms. The summed E-state index contributed by atoms with van der Waals surface area (Å²) in [7, 11) is 0. The molecular formula is C16H25NO3. The van der Waals surface area contributed by atoms with Crippen LogP contribution in [0.3, 0.4) is 0 Å². The zero-order valence-corrected chi connectivity index (χ0v) is 12.4. The third-order valence-electron chi connectivity index (χ3n) is 3.21. The second-order valence-corrected chi connectivity index (χ2v) is 4.75. The second kappa shape index (κ2) is 9.37. The highest BCUT2D eigenvalue weighted by Gasteiger charge is 2.18. The summed E-state index contributed by atoms with van der Waals surface area (Å²) >= 11 is 0. The van der Waals surface area contributed by atoms with Crippen LogP contribution in [-0.4, -0.2) is 36.9 Å². The zero-order valence-electron chi connectivity index (χ0n) is 12.4. The molecular weight excluding hydrogens is 254 g/mol. The van der Waals surface area contributed by atoms with E-state index in [0.29, 0.717) is 19.6 Å². The van der Waals surface area contributed by atoms with Crippen LogP contribution >= 0.6 is 0 Å². The molecule has 0 spiro atoms. The van der Waals surface area contributed by atoms with Gasteiger partial charge in [-0.2, -0.15) is 0 Å². The van der Waals surface area contributed by atoms with Crippen LogP contribution in [0.5, 0.6) is 0 Å². The number of unbranched alkanes of at least 4 members (excludes halogenated alkanes) is 1. The minimum absolute atomic E-state index is 0.428. The van der Waals surface area contributed by atoms with E-state index in [9.17, 15) is 4.79 Å². The lowest BCUT2D eigenvalue weighted by atomic mass is 10.2. The van der Waals surface area contributed by atoms with Crippen LogP contribution in [0.4, 0.5) is 5.69 Å². The number of ether oxygens (including phenoxy) is 1. The lowest BCUT2D eigenvalue weighted by Crippen LogP contribution is -2.32. The molecule has 0 saturated heterocycles. The summed E-state index contributed by atoms with van der Waals surface area (Å²) in [5.41, 5.74) is 1.14. The molecule has 1 aromatic rings. The van der Waals surface area contributed by atoms with Gasteiger partial charge in [-0.25, -0.2) is 4.79 Å². The molecule has 1 rings (SSSR count). The third kappa shape index (κ3) is 5.61. The molecule has 0 aliphatic rings. The molecule has 0 radical (unpaired) electrons. The Bertz CT molecular complexity index is 381. The maximum absolute atomic E-state index is 11.1. The number of carboxylic acid groups (broad SMARTS) is 1. The largest absolute Gasteiger partial charge is 0.479 e. The van der Waals surface area contributed by atoms with Gasteiger partial charge in [0.25, 0.3) is 0 Å². The van der Waals surface area contributed by atoms with Crippen LogP contribution in [-0.2, 0) is 9.53 Å². The summed E-state index contributed by atoms with van der Waals surface area (Å²) in [6.07, 6.45) is 2.01. The van der Waals surface area contributed by atoms with Crippen LogP contribution in [0.15, 0.2) is 30.3 Å². The number of hydrogen-bond donors (Lipinski definition) is 1. The van der Waals surface area contributed by atoms with Crippen molar-refractivity contribution in [1.82, 2.24) is 0 Å². The highest BCUT2D eigenvalue weighted by Crippen LogP contribution is 2.15. The van der Waals surface area contributed by atoms with E-state index in [1.807, 2.05) is 25.1 Å². The summed E-state index contributed by atoms with van der Waals surface area (Å²) < 4.78 is 5.27. The van der Waals surface area contributed by atoms with E-state index in [1.54, 1.807) is 0 Å². The molecule has 1 atom stereocenters. The first-order valence-corrected chi connectivity index (χ1v) is 7.33. The lowest BCUT2D eigenvalue weighted by molar-refractivity contribution is -0.150. The van der Waals surface area contributed by atoms with Gasteiger partial charge >= 0.3 is 5.97 Å². The van der Waals surface area contributed by atoms with Gasteiger partial charge in [-0.3, -0.25) is 0 Å². The summed E-state index contributed by atoms with van der Waals surface area (Å²) in [6, 6.07) is 10.1. The van der Waals surface area contributed by atoms with Crippen molar-refractivity contribution in [2.45, 2.75) is 39.2 Å². The SMILES string of the molecule is CCCCN(CCC(OCC)C(=O)O)c1ccccc1. The van der Waals surface area contributed by atoms with Gasteiger partial charge in [0.05, 0.1) is 0 Å². The molecule has 0 bridgehead atoms. The third-order valence-corrected chi connectivity index (χ3v) is 3.21. The maximum atomic E-state index is 11.1. The number of nitrogens with zero attached hydrogens (tertiary/aromatic N) is 1. The molecule has 20 heavy (non-hydrogen) atoms. The van der Waals surface area contributed by atoms with Crippen molar-refractivity contribution in [3.63, 3.8) is 0 Å². The number of aliphatic carboxylic acids is 1. The lowest BCUT2D eigenvalue weighted by Gasteiger charge is -2.26. The quantitative estimate of drug-likeness (QED) is 0.714. The standard InChI is InChI=1S/C16H25NO3/c1-3-5-12-17(14-9-7-6-8-10-14)13-11-15(16(18)19)20-4-2/h6-10,15H,3-5,11-13H2,1-2H3,(H,18,19). The number of rotatable bonds is 10. The molecule has 0 fully saturated rings. The Morgan fingerprint density at radius 3 is 2.50 bits per heavy atom. The van der Waals surface area contributed by atoms with Crippen molar-refractivity contribution in [2.75, 3.05) is 24.6 Å². The molecule has 0 amide bonds. The first-order valence-electron chi connectivity index (χ1n) is 7.33. The smallest absolute Gasteiger partial charge is 0.332 e. The number of carboxylic acids is 1. The van der Waals surface area contributed by atoms with Gasteiger partial charge in [0.2, 0.25) is 0 Å². The highest BCUT2D eigenvalue weighted by atomic mass is 16.5. The number of hydrogen-bond acceptors (Lipinski definition) is 3. The van der Waals surface area contributed by atoms with Gasteiger partial charge in [-0.1, -0.05) is 31.5 Å². The Balaban J connectivity index is 2.62. The number of para-hydroxylation sites is 1. The van der Waals surface area contributed by atoms with Crippen molar-refractivity contribution in [1.29, 1.82) is 0 Å². The molecule has 0 aliphatic heterocycles. The molecule has 0 heterocycles. The van der Waals surface area contributed by atoms with Gasteiger partial charge in [0.15, 0.2) is 6.10 Å². The molecule has 0 saturated carbocycles. The predicted molar refractivity (Wildman–Crippen MR) is 81.2 cm³/mol. The van der Waals surface area contributed by atoms with Crippen LogP contribution < -0.4 is 4.90 Å². The number of benzene rings is 1. The van der Waals surface area contributed by atoms with Gasteiger partial charge in [-0.15, -0.1) is 0 Å². The summed E-state index contributed by atoms with van der Waals surface area (Å²) in [4.78, 5) is 13.3. The van der Waals surface area contributed by atoms with Crippen molar-refractivity contribution in [3.05, 3.63) is 30.3 Å². The van der Waals surface area contributed by atoms with E-state index in [0.717, 1.165) is 25.1 Å². The van der Waals surface area contributed by atoms with Crippen LogP contribution in [0.1, 0.15) is 33.1 Å². The highest BCUT2D eigenvalue weighted by molar-refractivity contribution is 5.72. The Kier molecular flexibility index (Phi) is 7.73. The summed E-state index contributed by atoms with van der Waals surface area (Å²) in [5, 5.41) is 9.12. The molecule has 4 nitrogen and oxygen atoms in total. The average molecular weight is 279 g/mol. The van der Waals surface area contributed by atoms with Gasteiger partial charge in [0, 0.05) is 31.8 Å². The zero-order chi connectivity index (χ0) is 14.8. The molecule has 112 valence electrons. The van der Waals surface area contributed by atoms with Gasteiger partial charge in [-0.05, 0) is 25.5 Å². The monoisotopic (exact) mass is 279 g/mol. The van der Waals surface area contributed by atoms with E-state index in [-0.39, 0.29) is 0 Å². The van der Waals surface area contributed by atoms with Crippen molar-refractivity contribution < 1.29 is 14.6 Å². The van der Waals surface area contributed by atoms with Crippen molar-refractivity contribution in [2.24, 2.45) is 0 Å². The molecule has 1 N–H and O–H groups in total. The van der Waals surface area contributed by atoms with E-state index >= 15 is 0 Å². The normalized spacial score (nSPS) is 12.1. The molecule has 1 unspecified atom stereocenters. The van der Waals surface area contributed by atoms with Gasteiger partial charge in [0.1, 0.15) is 0 Å². The fourth-order valence-corrected chi connectivity index (χ4v) is 2.11. The van der Waals surface area contributed by atoms with Crippen LogP contribution in [0.2, 0.25) is 0 Å². The van der Waals surface area contributed by atoms with Crippen LogP contribution in [0.25, 0.3) is 0 Å². The number of anilines is 1. The van der Waals surface area contributed by atoms with Crippen molar-refractivity contribution in [3.8, 4) is 0 Å². The fourth-order valence-electron chi connectivity index (χ4n) is 2.11.